The van der Waals surface area contributed by atoms with Crippen molar-refractivity contribution in [1.29, 1.82) is 0 Å². The SMILES string of the molecule is Cc1ncccc1OC1(C(=O)O)CCN(c2cc(C(N)=O)ccn2)CC1. The Morgan fingerprint density at radius 1 is 1.23 bits per heavy atom. The van der Waals surface area contributed by atoms with Crippen LogP contribution in [0.25, 0.3) is 0 Å². The van der Waals surface area contributed by atoms with Gasteiger partial charge in [0.15, 0.2) is 0 Å². The molecule has 0 radical (unpaired) electrons. The van der Waals surface area contributed by atoms with Crippen LogP contribution in [0.3, 0.4) is 0 Å². The molecule has 1 aliphatic rings. The number of anilines is 1. The number of hydrogen-bond acceptors (Lipinski definition) is 6. The first-order chi connectivity index (χ1) is 12.4. The predicted molar refractivity (Wildman–Crippen MR) is 94.2 cm³/mol. The Kier molecular flexibility index (Phi) is 4.75. The molecular formula is C18H20N4O4. The summed E-state index contributed by atoms with van der Waals surface area (Å²) < 4.78 is 5.90. The number of carbonyl (C=O) groups is 2. The van der Waals surface area contributed by atoms with E-state index in [2.05, 4.69) is 9.97 Å². The number of nitrogens with zero attached hydrogens (tertiary/aromatic N) is 3. The van der Waals surface area contributed by atoms with E-state index in [9.17, 15) is 14.7 Å². The molecule has 3 heterocycles. The second-order valence-corrected chi connectivity index (χ2v) is 6.24. The van der Waals surface area contributed by atoms with E-state index in [1.165, 1.54) is 6.20 Å². The minimum Gasteiger partial charge on any atom is -0.478 e. The molecule has 0 aromatic carbocycles. The highest BCUT2D eigenvalue weighted by molar-refractivity contribution is 5.93. The fourth-order valence-electron chi connectivity index (χ4n) is 2.99. The van der Waals surface area contributed by atoms with Gasteiger partial charge in [-0.25, -0.2) is 9.78 Å². The van der Waals surface area contributed by atoms with Crippen LogP contribution in [0.5, 0.6) is 5.75 Å². The number of pyridine rings is 2. The summed E-state index contributed by atoms with van der Waals surface area (Å²) in [5.41, 5.74) is 5.00. The maximum Gasteiger partial charge on any atom is 0.348 e. The molecule has 0 atom stereocenters. The molecule has 1 amide bonds. The number of carboxylic acid groups (broad SMARTS) is 1. The summed E-state index contributed by atoms with van der Waals surface area (Å²) in [6, 6.07) is 6.59. The van der Waals surface area contributed by atoms with Crippen molar-refractivity contribution in [3.8, 4) is 5.75 Å². The Morgan fingerprint density at radius 2 is 1.96 bits per heavy atom. The molecule has 1 fully saturated rings. The highest BCUT2D eigenvalue weighted by Crippen LogP contribution is 2.32. The molecule has 26 heavy (non-hydrogen) atoms. The van der Waals surface area contributed by atoms with E-state index in [1.807, 2.05) is 4.90 Å². The van der Waals surface area contributed by atoms with Crippen LogP contribution in [-0.4, -0.2) is 45.6 Å². The van der Waals surface area contributed by atoms with Crippen molar-refractivity contribution in [2.45, 2.75) is 25.4 Å². The van der Waals surface area contributed by atoms with E-state index < -0.39 is 17.5 Å². The number of piperidine rings is 1. The van der Waals surface area contributed by atoms with Crippen LogP contribution < -0.4 is 15.4 Å². The van der Waals surface area contributed by atoms with E-state index in [1.54, 1.807) is 37.4 Å². The Balaban J connectivity index is 1.78. The second-order valence-electron chi connectivity index (χ2n) is 6.24. The van der Waals surface area contributed by atoms with Crippen molar-refractivity contribution in [3.05, 3.63) is 47.9 Å². The molecule has 0 aliphatic carbocycles. The lowest BCUT2D eigenvalue weighted by Gasteiger charge is -2.39. The lowest BCUT2D eigenvalue weighted by atomic mass is 9.91. The van der Waals surface area contributed by atoms with Gasteiger partial charge in [-0.1, -0.05) is 0 Å². The van der Waals surface area contributed by atoms with Gasteiger partial charge in [-0.3, -0.25) is 9.78 Å². The van der Waals surface area contributed by atoms with E-state index >= 15 is 0 Å². The fraction of sp³-hybridized carbons (Fsp3) is 0.333. The summed E-state index contributed by atoms with van der Waals surface area (Å²) >= 11 is 0. The molecular weight excluding hydrogens is 336 g/mol. The summed E-state index contributed by atoms with van der Waals surface area (Å²) in [5.74, 6) is -0.463. The summed E-state index contributed by atoms with van der Waals surface area (Å²) in [5, 5.41) is 9.77. The highest BCUT2D eigenvalue weighted by Gasteiger charge is 2.44. The Hall–Kier alpha value is -3.16. The van der Waals surface area contributed by atoms with Crippen molar-refractivity contribution in [1.82, 2.24) is 9.97 Å². The van der Waals surface area contributed by atoms with Crippen molar-refractivity contribution in [2.24, 2.45) is 5.73 Å². The first-order valence-corrected chi connectivity index (χ1v) is 8.26. The molecule has 0 saturated carbocycles. The Morgan fingerprint density at radius 3 is 2.58 bits per heavy atom. The number of ether oxygens (including phenoxy) is 1. The number of carboxylic acids is 1. The van der Waals surface area contributed by atoms with E-state index in [0.29, 0.717) is 35.9 Å². The van der Waals surface area contributed by atoms with Gasteiger partial charge in [-0.05, 0) is 31.2 Å². The third kappa shape index (κ3) is 3.44. The first kappa shape index (κ1) is 17.7. The minimum absolute atomic E-state index is 0.277. The molecule has 1 saturated heterocycles. The Labute approximate surface area is 150 Å². The zero-order chi connectivity index (χ0) is 18.7. The number of nitrogens with two attached hydrogens (primary N) is 1. The molecule has 2 aromatic heterocycles. The van der Waals surface area contributed by atoms with Crippen LogP contribution in [-0.2, 0) is 4.79 Å². The van der Waals surface area contributed by atoms with Gasteiger partial charge >= 0.3 is 5.97 Å². The number of primary amides is 1. The monoisotopic (exact) mass is 356 g/mol. The number of aryl methyl sites for hydroxylation is 1. The maximum absolute atomic E-state index is 11.9. The van der Waals surface area contributed by atoms with Crippen LogP contribution in [0.15, 0.2) is 36.7 Å². The summed E-state index contributed by atoms with van der Waals surface area (Å²) in [7, 11) is 0. The van der Waals surface area contributed by atoms with Gasteiger partial charge in [0.25, 0.3) is 0 Å². The van der Waals surface area contributed by atoms with E-state index in [4.69, 9.17) is 10.5 Å². The van der Waals surface area contributed by atoms with Gasteiger partial charge in [0.05, 0.1) is 5.69 Å². The average molecular weight is 356 g/mol. The zero-order valence-corrected chi connectivity index (χ0v) is 14.4. The molecule has 0 spiro atoms. The molecule has 136 valence electrons. The summed E-state index contributed by atoms with van der Waals surface area (Å²) in [4.78, 5) is 33.6. The Bertz CT molecular complexity index is 831. The molecule has 2 aromatic rings. The average Bonchev–Trinajstić information content (AvgIpc) is 2.64. The van der Waals surface area contributed by atoms with E-state index in [-0.39, 0.29) is 12.8 Å². The van der Waals surface area contributed by atoms with Gasteiger partial charge in [0.2, 0.25) is 11.5 Å². The summed E-state index contributed by atoms with van der Waals surface area (Å²) in [6.45, 7) is 2.64. The van der Waals surface area contributed by atoms with Crippen molar-refractivity contribution in [3.63, 3.8) is 0 Å². The molecule has 8 nitrogen and oxygen atoms in total. The third-order valence-electron chi connectivity index (χ3n) is 4.58. The quantitative estimate of drug-likeness (QED) is 0.831. The van der Waals surface area contributed by atoms with Crippen molar-refractivity contribution >= 4 is 17.7 Å². The van der Waals surface area contributed by atoms with Crippen LogP contribution in [0.4, 0.5) is 5.82 Å². The first-order valence-electron chi connectivity index (χ1n) is 8.26. The standard InChI is InChI=1S/C18H20N4O4/c1-12-14(3-2-7-20-12)26-18(17(24)25)5-9-22(10-6-18)15-11-13(16(19)23)4-8-21-15/h2-4,7-8,11H,5-6,9-10H2,1H3,(H2,19,23)(H,24,25). The van der Waals surface area contributed by atoms with Crippen molar-refractivity contribution in [2.75, 3.05) is 18.0 Å². The molecule has 0 bridgehead atoms. The number of amides is 1. The fourth-order valence-corrected chi connectivity index (χ4v) is 2.99. The van der Waals surface area contributed by atoms with Crippen LogP contribution in [0.2, 0.25) is 0 Å². The van der Waals surface area contributed by atoms with E-state index in [0.717, 1.165) is 0 Å². The van der Waals surface area contributed by atoms with Gasteiger partial charge in [-0.2, -0.15) is 0 Å². The van der Waals surface area contributed by atoms with Crippen molar-refractivity contribution < 1.29 is 19.4 Å². The number of rotatable bonds is 5. The minimum atomic E-state index is -1.31. The lowest BCUT2D eigenvalue weighted by molar-refractivity contribution is -0.157. The molecule has 1 aliphatic heterocycles. The zero-order valence-electron chi connectivity index (χ0n) is 14.4. The largest absolute Gasteiger partial charge is 0.478 e. The number of hydrogen-bond donors (Lipinski definition) is 2. The smallest absolute Gasteiger partial charge is 0.348 e. The van der Waals surface area contributed by atoms with Gasteiger partial charge in [0.1, 0.15) is 11.6 Å². The lowest BCUT2D eigenvalue weighted by Crippen LogP contribution is -2.53. The third-order valence-corrected chi connectivity index (χ3v) is 4.58. The predicted octanol–water partition coefficient (Wildman–Crippen LogP) is 1.39. The molecule has 0 unspecified atom stereocenters. The number of aliphatic carboxylic acids is 1. The molecule has 3 N–H and O–H groups in total. The highest BCUT2D eigenvalue weighted by atomic mass is 16.5. The summed E-state index contributed by atoms with van der Waals surface area (Å²) in [6.07, 6.45) is 3.71. The van der Waals surface area contributed by atoms with Crippen LogP contribution in [0, 0.1) is 6.92 Å². The van der Waals surface area contributed by atoms with Gasteiger partial charge in [-0.15, -0.1) is 0 Å². The van der Waals surface area contributed by atoms with Gasteiger partial charge < -0.3 is 20.5 Å². The number of carbonyl (C=O) groups excluding carboxylic acids is 1. The number of aromatic nitrogens is 2. The topological polar surface area (TPSA) is 119 Å². The normalized spacial score (nSPS) is 16.1. The molecule has 8 heteroatoms. The maximum atomic E-state index is 11.9. The van der Waals surface area contributed by atoms with Crippen LogP contribution in [0.1, 0.15) is 28.9 Å². The van der Waals surface area contributed by atoms with Gasteiger partial charge in [0, 0.05) is 43.9 Å². The van der Waals surface area contributed by atoms with Crippen LogP contribution >= 0.6 is 0 Å². The second kappa shape index (κ2) is 6.99. The molecule has 3 rings (SSSR count).